The highest BCUT2D eigenvalue weighted by Crippen LogP contribution is 2.29. The van der Waals surface area contributed by atoms with E-state index >= 15 is 0 Å². The maximum atomic E-state index is 11.6. The van der Waals surface area contributed by atoms with E-state index in [0.717, 1.165) is 0 Å². The average molecular weight is 246 g/mol. The quantitative estimate of drug-likeness (QED) is 0.358. The van der Waals surface area contributed by atoms with E-state index in [1.807, 2.05) is 6.92 Å². The summed E-state index contributed by atoms with van der Waals surface area (Å²) in [5, 5.41) is 8.17. The minimum Gasteiger partial charge on any atom is -0.465 e. The number of azide groups is 1. The molecule has 18 heavy (non-hydrogen) atoms. The summed E-state index contributed by atoms with van der Waals surface area (Å²) in [6.07, 6.45) is 2.84. The summed E-state index contributed by atoms with van der Waals surface area (Å²) in [5.41, 5.74) is 9.46. The Morgan fingerprint density at radius 3 is 3.00 bits per heavy atom. The molecule has 2 aromatic rings. The highest BCUT2D eigenvalue weighted by molar-refractivity contribution is 6.02. The van der Waals surface area contributed by atoms with Gasteiger partial charge in [0.05, 0.1) is 24.6 Å². The Morgan fingerprint density at radius 1 is 1.61 bits per heavy atom. The van der Waals surface area contributed by atoms with Crippen LogP contribution in [0.3, 0.4) is 0 Å². The molecule has 0 aromatic carbocycles. The van der Waals surface area contributed by atoms with Crippen molar-refractivity contribution in [2.75, 3.05) is 7.11 Å². The van der Waals surface area contributed by atoms with E-state index in [4.69, 9.17) is 5.53 Å². The van der Waals surface area contributed by atoms with Crippen molar-refractivity contribution in [2.45, 2.75) is 13.5 Å². The lowest BCUT2D eigenvalue weighted by molar-refractivity contribution is 0.0601. The standard InChI is InChI=1S/C10H10N6O2/c1-3-16-9-6(5-13-16)8(14-15-11)7(4-12-9)10(17)18-2/h4-5H,3H2,1-2H3. The van der Waals surface area contributed by atoms with Crippen LogP contribution in [-0.4, -0.2) is 27.8 Å². The number of esters is 1. The molecular weight excluding hydrogens is 236 g/mol. The number of methoxy groups -OCH3 is 1. The first-order valence-corrected chi connectivity index (χ1v) is 5.20. The smallest absolute Gasteiger partial charge is 0.339 e. The van der Waals surface area contributed by atoms with Gasteiger partial charge < -0.3 is 4.74 Å². The molecule has 0 aliphatic carbocycles. The number of rotatable bonds is 3. The molecule has 0 unspecified atom stereocenters. The molecule has 2 aromatic heterocycles. The van der Waals surface area contributed by atoms with Crippen molar-refractivity contribution in [3.05, 3.63) is 28.4 Å². The molecule has 8 nitrogen and oxygen atoms in total. The van der Waals surface area contributed by atoms with E-state index in [1.165, 1.54) is 19.5 Å². The number of aromatic nitrogens is 3. The molecule has 0 spiro atoms. The fourth-order valence-electron chi connectivity index (χ4n) is 1.66. The second kappa shape index (κ2) is 4.72. The largest absolute Gasteiger partial charge is 0.465 e. The van der Waals surface area contributed by atoms with Gasteiger partial charge in [0.25, 0.3) is 0 Å². The lowest BCUT2D eigenvalue weighted by Gasteiger charge is -2.04. The first-order valence-electron chi connectivity index (χ1n) is 5.20. The summed E-state index contributed by atoms with van der Waals surface area (Å²) in [5.74, 6) is -0.601. The van der Waals surface area contributed by atoms with E-state index in [-0.39, 0.29) is 11.3 Å². The van der Waals surface area contributed by atoms with Crippen LogP contribution < -0.4 is 0 Å². The minimum atomic E-state index is -0.601. The van der Waals surface area contributed by atoms with Crippen LogP contribution in [-0.2, 0) is 11.3 Å². The van der Waals surface area contributed by atoms with Crippen molar-refractivity contribution in [3.8, 4) is 0 Å². The zero-order chi connectivity index (χ0) is 13.1. The van der Waals surface area contributed by atoms with Crippen LogP contribution in [0.25, 0.3) is 21.5 Å². The van der Waals surface area contributed by atoms with Gasteiger partial charge in [-0.15, -0.1) is 0 Å². The number of carbonyl (C=O) groups excluding carboxylic acids is 1. The van der Waals surface area contributed by atoms with Crippen molar-refractivity contribution < 1.29 is 9.53 Å². The molecular formula is C10H10N6O2. The Balaban J connectivity index is 2.78. The molecule has 0 saturated heterocycles. The maximum absolute atomic E-state index is 11.6. The van der Waals surface area contributed by atoms with Gasteiger partial charge in [-0.05, 0) is 12.5 Å². The molecule has 0 fully saturated rings. The average Bonchev–Trinajstić information content (AvgIpc) is 2.82. The van der Waals surface area contributed by atoms with Crippen molar-refractivity contribution in [1.29, 1.82) is 0 Å². The second-order valence-electron chi connectivity index (χ2n) is 3.40. The first kappa shape index (κ1) is 11.9. The molecule has 0 radical (unpaired) electrons. The van der Waals surface area contributed by atoms with E-state index in [0.29, 0.717) is 17.6 Å². The number of hydrogen-bond donors (Lipinski definition) is 0. The van der Waals surface area contributed by atoms with Crippen LogP contribution in [0, 0.1) is 0 Å². The number of aryl methyl sites for hydroxylation is 1. The summed E-state index contributed by atoms with van der Waals surface area (Å²) in [4.78, 5) is 18.4. The van der Waals surface area contributed by atoms with Gasteiger partial charge in [0.2, 0.25) is 0 Å². The molecule has 0 saturated carbocycles. The van der Waals surface area contributed by atoms with Gasteiger partial charge in [-0.3, -0.25) is 0 Å². The fraction of sp³-hybridized carbons (Fsp3) is 0.300. The Morgan fingerprint density at radius 2 is 2.39 bits per heavy atom. The number of hydrogen-bond acceptors (Lipinski definition) is 5. The predicted molar refractivity (Wildman–Crippen MR) is 63.3 cm³/mol. The van der Waals surface area contributed by atoms with Gasteiger partial charge in [-0.2, -0.15) is 5.10 Å². The third-order valence-corrected chi connectivity index (χ3v) is 2.49. The topological polar surface area (TPSA) is 106 Å². The van der Waals surface area contributed by atoms with Gasteiger partial charge in [-0.1, -0.05) is 5.11 Å². The molecule has 0 amide bonds. The van der Waals surface area contributed by atoms with E-state index < -0.39 is 5.97 Å². The lowest BCUT2D eigenvalue weighted by Crippen LogP contribution is -2.03. The summed E-state index contributed by atoms with van der Waals surface area (Å²) >= 11 is 0. The van der Waals surface area contributed by atoms with Gasteiger partial charge >= 0.3 is 5.97 Å². The summed E-state index contributed by atoms with van der Waals surface area (Å²) in [7, 11) is 1.25. The maximum Gasteiger partial charge on any atom is 0.339 e. The third-order valence-electron chi connectivity index (χ3n) is 2.49. The van der Waals surface area contributed by atoms with E-state index in [9.17, 15) is 4.79 Å². The fourth-order valence-corrected chi connectivity index (χ4v) is 1.66. The number of carbonyl (C=O) groups is 1. The Bertz CT molecular complexity index is 656. The SMILES string of the molecule is CCn1ncc2c(N=[N+]=[N-])c(C(=O)OC)cnc21. The molecule has 0 N–H and O–H groups in total. The van der Waals surface area contributed by atoms with Crippen LogP contribution in [0.1, 0.15) is 17.3 Å². The molecule has 0 aliphatic heterocycles. The van der Waals surface area contributed by atoms with Crippen LogP contribution in [0.4, 0.5) is 5.69 Å². The minimum absolute atomic E-state index is 0.124. The number of pyridine rings is 1. The highest BCUT2D eigenvalue weighted by Gasteiger charge is 2.17. The first-order chi connectivity index (χ1) is 8.72. The molecule has 8 heteroatoms. The zero-order valence-corrected chi connectivity index (χ0v) is 9.86. The van der Waals surface area contributed by atoms with Gasteiger partial charge in [-0.25, -0.2) is 14.5 Å². The number of fused-ring (bicyclic) bond motifs is 1. The normalized spacial score (nSPS) is 10.1. The predicted octanol–water partition coefficient (Wildman–Crippen LogP) is 2.18. The van der Waals surface area contributed by atoms with Crippen molar-refractivity contribution in [3.63, 3.8) is 0 Å². The van der Waals surface area contributed by atoms with Crippen LogP contribution in [0.15, 0.2) is 17.5 Å². The molecule has 2 heterocycles. The van der Waals surface area contributed by atoms with Crippen LogP contribution >= 0.6 is 0 Å². The summed E-state index contributed by atoms with van der Waals surface area (Å²) in [6.45, 7) is 2.54. The van der Waals surface area contributed by atoms with Crippen LogP contribution in [0.2, 0.25) is 0 Å². The summed E-state index contributed by atoms with van der Waals surface area (Å²) < 4.78 is 6.26. The molecule has 0 aliphatic rings. The number of ether oxygens (including phenoxy) is 1. The summed E-state index contributed by atoms with van der Waals surface area (Å²) in [6, 6.07) is 0. The zero-order valence-electron chi connectivity index (χ0n) is 9.86. The molecule has 0 bridgehead atoms. The highest BCUT2D eigenvalue weighted by atomic mass is 16.5. The van der Waals surface area contributed by atoms with Crippen molar-refractivity contribution in [2.24, 2.45) is 5.11 Å². The molecule has 92 valence electrons. The Labute approximate surface area is 102 Å². The van der Waals surface area contributed by atoms with Crippen LogP contribution in [0.5, 0.6) is 0 Å². The number of nitrogens with zero attached hydrogens (tertiary/aromatic N) is 6. The van der Waals surface area contributed by atoms with E-state index in [2.05, 4.69) is 24.8 Å². The second-order valence-corrected chi connectivity index (χ2v) is 3.40. The lowest BCUT2D eigenvalue weighted by atomic mass is 10.2. The van der Waals surface area contributed by atoms with E-state index in [1.54, 1.807) is 4.68 Å². The van der Waals surface area contributed by atoms with Gasteiger partial charge in [0.15, 0.2) is 5.65 Å². The monoisotopic (exact) mass is 246 g/mol. The third kappa shape index (κ3) is 1.74. The van der Waals surface area contributed by atoms with Crippen molar-refractivity contribution >= 4 is 22.7 Å². The van der Waals surface area contributed by atoms with Gasteiger partial charge in [0.1, 0.15) is 0 Å². The van der Waals surface area contributed by atoms with Crippen molar-refractivity contribution in [1.82, 2.24) is 14.8 Å². The van der Waals surface area contributed by atoms with Gasteiger partial charge in [0, 0.05) is 23.0 Å². The molecule has 2 rings (SSSR count). The Kier molecular flexibility index (Phi) is 3.11. The Hall–Kier alpha value is -2.60. The molecule has 0 atom stereocenters.